The maximum atomic E-state index is 9.73. The largest absolute Gasteiger partial charge is 0.437 e. The molecule has 0 bridgehead atoms. The van der Waals surface area contributed by atoms with Crippen molar-refractivity contribution in [2.24, 2.45) is 5.92 Å². The second kappa shape index (κ2) is 8.41. The Morgan fingerprint density at radius 2 is 2.07 bits per heavy atom. The number of anilines is 1. The van der Waals surface area contributed by atoms with Crippen molar-refractivity contribution >= 4 is 46.0 Å². The van der Waals surface area contributed by atoms with E-state index in [-0.39, 0.29) is 7.05 Å². The van der Waals surface area contributed by atoms with E-state index in [1.807, 2.05) is 41.7 Å². The second-order valence-electron chi connectivity index (χ2n) is 7.23. The minimum Gasteiger partial charge on any atom is -0.437 e. The molecule has 0 unspecified atom stereocenters. The molecule has 0 atom stereocenters. The molecular weight excluding hydrogens is 440 g/mol. The van der Waals surface area contributed by atoms with Crippen LogP contribution in [0.3, 0.4) is 0 Å². The van der Waals surface area contributed by atoms with Crippen molar-refractivity contribution in [2.45, 2.75) is 19.7 Å². The van der Waals surface area contributed by atoms with E-state index in [1.54, 1.807) is 6.20 Å². The molecule has 6 nitrogen and oxygen atoms in total. The summed E-state index contributed by atoms with van der Waals surface area (Å²) in [5.74, 6) is 1.45. The third kappa shape index (κ3) is 4.05. The summed E-state index contributed by atoms with van der Waals surface area (Å²) in [5, 5.41) is 18.4. The quantitative estimate of drug-likeness (QED) is 0.560. The molecule has 1 fully saturated rings. The van der Waals surface area contributed by atoms with Crippen molar-refractivity contribution in [1.29, 1.82) is 0 Å². The van der Waals surface area contributed by atoms with Crippen molar-refractivity contribution in [3.8, 4) is 11.3 Å². The van der Waals surface area contributed by atoms with E-state index < -0.39 is 0 Å². The predicted octanol–water partition coefficient (Wildman–Crippen LogP) is 4.05. The van der Waals surface area contributed by atoms with Gasteiger partial charge in [0, 0.05) is 23.2 Å². The number of nitrogens with one attached hydrogen (secondary N) is 1. The van der Waals surface area contributed by atoms with Gasteiger partial charge in [-0.25, -0.2) is 4.98 Å². The SMILES string of the molecule is CB(O)N1CCC(CNc2cc(-c3ccccc3Cl)nc3c(Br)cnn23)CC1. The van der Waals surface area contributed by atoms with Crippen molar-refractivity contribution < 1.29 is 5.02 Å². The number of nitrogens with zero attached hydrogens (tertiary/aromatic N) is 4. The van der Waals surface area contributed by atoms with Crippen LogP contribution in [0.15, 0.2) is 41.0 Å². The van der Waals surface area contributed by atoms with Crippen molar-refractivity contribution in [2.75, 3.05) is 25.0 Å². The fourth-order valence-electron chi connectivity index (χ4n) is 3.65. The molecule has 1 aliphatic rings. The van der Waals surface area contributed by atoms with E-state index in [0.29, 0.717) is 10.9 Å². The van der Waals surface area contributed by atoms with Crippen LogP contribution in [0, 0.1) is 5.92 Å². The summed E-state index contributed by atoms with van der Waals surface area (Å²) in [6.07, 6.45) is 3.88. The number of rotatable bonds is 5. The molecule has 0 radical (unpaired) electrons. The maximum absolute atomic E-state index is 9.73. The van der Waals surface area contributed by atoms with Crippen LogP contribution in [-0.2, 0) is 0 Å². The highest BCUT2D eigenvalue weighted by molar-refractivity contribution is 9.10. The van der Waals surface area contributed by atoms with Crippen LogP contribution in [-0.4, -0.2) is 51.1 Å². The molecule has 3 aromatic rings. The Balaban J connectivity index is 1.58. The third-order valence-electron chi connectivity index (χ3n) is 5.33. The monoisotopic (exact) mass is 461 g/mol. The summed E-state index contributed by atoms with van der Waals surface area (Å²) in [6.45, 7) is 4.53. The van der Waals surface area contributed by atoms with E-state index >= 15 is 0 Å². The molecule has 1 saturated heterocycles. The highest BCUT2D eigenvalue weighted by atomic mass is 79.9. The highest BCUT2D eigenvalue weighted by Gasteiger charge is 2.24. The number of aromatic nitrogens is 3. The van der Waals surface area contributed by atoms with Gasteiger partial charge >= 0.3 is 7.05 Å². The van der Waals surface area contributed by atoms with Crippen LogP contribution in [0.2, 0.25) is 11.8 Å². The van der Waals surface area contributed by atoms with Gasteiger partial charge in [-0.15, -0.1) is 0 Å². The number of hydrogen-bond acceptors (Lipinski definition) is 5. The number of piperidine rings is 1. The average Bonchev–Trinajstić information content (AvgIpc) is 3.08. The molecule has 9 heteroatoms. The van der Waals surface area contributed by atoms with Gasteiger partial charge in [-0.3, -0.25) is 0 Å². The van der Waals surface area contributed by atoms with E-state index in [4.69, 9.17) is 16.6 Å². The van der Waals surface area contributed by atoms with Crippen LogP contribution >= 0.6 is 27.5 Å². The van der Waals surface area contributed by atoms with Crippen LogP contribution in [0.5, 0.6) is 0 Å². The van der Waals surface area contributed by atoms with Gasteiger partial charge in [-0.1, -0.05) is 29.8 Å². The van der Waals surface area contributed by atoms with Gasteiger partial charge in [-0.05, 0) is 60.7 Å². The van der Waals surface area contributed by atoms with Crippen LogP contribution in [0.4, 0.5) is 5.82 Å². The number of fused-ring (bicyclic) bond motifs is 1. The second-order valence-corrected chi connectivity index (χ2v) is 8.49. The summed E-state index contributed by atoms with van der Waals surface area (Å²) < 4.78 is 2.66. The Labute approximate surface area is 178 Å². The highest BCUT2D eigenvalue weighted by Crippen LogP contribution is 2.30. The lowest BCUT2D eigenvalue weighted by Gasteiger charge is -2.32. The first-order valence-corrected chi connectivity index (χ1v) is 10.6. The van der Waals surface area contributed by atoms with Crippen LogP contribution in [0.1, 0.15) is 12.8 Å². The average molecular weight is 463 g/mol. The minimum atomic E-state index is -0.367. The number of benzene rings is 1. The first-order valence-electron chi connectivity index (χ1n) is 9.48. The smallest absolute Gasteiger partial charge is 0.376 e. The summed E-state index contributed by atoms with van der Waals surface area (Å²) in [4.78, 5) is 6.86. The molecule has 0 amide bonds. The van der Waals surface area contributed by atoms with Crippen molar-refractivity contribution in [3.05, 3.63) is 46.0 Å². The molecule has 3 heterocycles. The van der Waals surface area contributed by atoms with Gasteiger partial charge in [0.1, 0.15) is 5.82 Å². The Hall–Kier alpha value is -1.61. The van der Waals surface area contributed by atoms with E-state index in [1.165, 1.54) is 0 Å². The van der Waals surface area contributed by atoms with Gasteiger partial charge < -0.3 is 15.2 Å². The van der Waals surface area contributed by atoms with Crippen LogP contribution in [0.25, 0.3) is 16.9 Å². The van der Waals surface area contributed by atoms with E-state index in [2.05, 4.69) is 31.2 Å². The van der Waals surface area contributed by atoms with E-state index in [0.717, 1.165) is 59.7 Å². The lowest BCUT2D eigenvalue weighted by Crippen LogP contribution is -2.43. The van der Waals surface area contributed by atoms with Gasteiger partial charge in [0.15, 0.2) is 5.65 Å². The van der Waals surface area contributed by atoms with Gasteiger partial charge in [-0.2, -0.15) is 9.61 Å². The Bertz CT molecular complexity index is 974. The van der Waals surface area contributed by atoms with Crippen molar-refractivity contribution in [1.82, 2.24) is 19.4 Å². The normalized spacial score (nSPS) is 15.9. The summed E-state index contributed by atoms with van der Waals surface area (Å²) in [5.41, 5.74) is 2.46. The molecule has 146 valence electrons. The molecule has 28 heavy (non-hydrogen) atoms. The fraction of sp³-hybridized carbons (Fsp3) is 0.368. The molecule has 2 N–H and O–H groups in total. The predicted molar refractivity (Wildman–Crippen MR) is 118 cm³/mol. The van der Waals surface area contributed by atoms with Crippen LogP contribution < -0.4 is 5.32 Å². The maximum Gasteiger partial charge on any atom is 0.376 e. The minimum absolute atomic E-state index is 0.367. The summed E-state index contributed by atoms with van der Waals surface area (Å²) in [7, 11) is -0.367. The summed E-state index contributed by atoms with van der Waals surface area (Å²) >= 11 is 9.93. The zero-order valence-electron chi connectivity index (χ0n) is 15.6. The molecule has 4 rings (SSSR count). The van der Waals surface area contributed by atoms with Crippen molar-refractivity contribution in [3.63, 3.8) is 0 Å². The number of halogens is 2. The molecular formula is C19H22BBrClN5O. The fourth-order valence-corrected chi connectivity index (χ4v) is 4.23. The molecule has 2 aromatic heterocycles. The summed E-state index contributed by atoms with van der Waals surface area (Å²) in [6, 6.07) is 9.72. The molecule has 0 saturated carbocycles. The standard InChI is InChI=1S/C19H22BBrClN5O/c1-20(28)26-8-6-13(7-9-26)11-23-18-10-17(14-4-2-3-5-16(14)22)25-19-15(21)12-24-27(18)19/h2-5,10,12-13,23,28H,6-9,11H2,1H3. The zero-order valence-corrected chi connectivity index (χ0v) is 18.0. The lowest BCUT2D eigenvalue weighted by atomic mass is 9.81. The number of hydrogen-bond donors (Lipinski definition) is 2. The topological polar surface area (TPSA) is 65.7 Å². The molecule has 0 aliphatic carbocycles. The molecule has 1 aliphatic heterocycles. The third-order valence-corrected chi connectivity index (χ3v) is 6.22. The Kier molecular flexibility index (Phi) is 5.92. The molecule has 0 spiro atoms. The molecule has 1 aromatic carbocycles. The van der Waals surface area contributed by atoms with Gasteiger partial charge in [0.25, 0.3) is 0 Å². The zero-order chi connectivity index (χ0) is 19.7. The van der Waals surface area contributed by atoms with E-state index in [9.17, 15) is 5.02 Å². The van der Waals surface area contributed by atoms with Gasteiger partial charge in [0.05, 0.1) is 16.4 Å². The lowest BCUT2D eigenvalue weighted by molar-refractivity contribution is 0.258. The first-order chi connectivity index (χ1) is 13.5. The first kappa shape index (κ1) is 19.7. The Morgan fingerprint density at radius 1 is 1.32 bits per heavy atom. The van der Waals surface area contributed by atoms with Gasteiger partial charge in [0.2, 0.25) is 0 Å². The Morgan fingerprint density at radius 3 is 2.79 bits per heavy atom.